The predicted octanol–water partition coefficient (Wildman–Crippen LogP) is 2.39. The van der Waals surface area contributed by atoms with Crippen LogP contribution in [0.4, 0.5) is 4.39 Å². The Labute approximate surface area is 102 Å². The van der Waals surface area contributed by atoms with Crippen LogP contribution in [0, 0.1) is 5.82 Å². The second-order valence-electron chi connectivity index (χ2n) is 4.91. The molecule has 94 valence electrons. The Kier molecular flexibility index (Phi) is 4.13. The first-order valence-electron chi connectivity index (χ1n) is 6.31. The van der Waals surface area contributed by atoms with Crippen molar-refractivity contribution in [3.8, 4) is 0 Å². The van der Waals surface area contributed by atoms with Crippen LogP contribution in [0.1, 0.15) is 31.2 Å². The maximum absolute atomic E-state index is 12.9. The van der Waals surface area contributed by atoms with Gasteiger partial charge in [-0.3, -0.25) is 4.90 Å². The maximum atomic E-state index is 12.9. The lowest BCUT2D eigenvalue weighted by atomic mass is 9.97. The number of hydrogen-bond donors (Lipinski definition) is 1. The predicted molar refractivity (Wildman–Crippen MR) is 66.5 cm³/mol. The van der Waals surface area contributed by atoms with Crippen molar-refractivity contribution in [2.75, 3.05) is 19.7 Å². The van der Waals surface area contributed by atoms with Crippen LogP contribution in [-0.4, -0.2) is 35.7 Å². The average Bonchev–Trinajstić information content (AvgIpc) is 2.69. The molecule has 17 heavy (non-hydrogen) atoms. The van der Waals surface area contributed by atoms with E-state index in [1.54, 1.807) is 0 Å². The number of rotatable bonds is 4. The highest BCUT2D eigenvalue weighted by molar-refractivity contribution is 5.22. The first-order valence-corrected chi connectivity index (χ1v) is 6.31. The van der Waals surface area contributed by atoms with E-state index < -0.39 is 0 Å². The van der Waals surface area contributed by atoms with E-state index in [0.717, 1.165) is 25.9 Å². The molecular formula is C14H20FNO. The van der Waals surface area contributed by atoms with Crippen molar-refractivity contribution in [1.82, 2.24) is 4.90 Å². The number of nitrogens with zero attached hydrogens (tertiary/aromatic N) is 1. The van der Waals surface area contributed by atoms with Gasteiger partial charge in [-0.05, 0) is 43.4 Å². The molecule has 2 nitrogen and oxygen atoms in total. The van der Waals surface area contributed by atoms with E-state index in [-0.39, 0.29) is 12.4 Å². The van der Waals surface area contributed by atoms with Gasteiger partial charge in [0.05, 0.1) is 0 Å². The normalized spacial score (nSPS) is 25.4. The van der Waals surface area contributed by atoms with E-state index >= 15 is 0 Å². The molecule has 0 aliphatic carbocycles. The molecule has 2 unspecified atom stereocenters. The molecule has 0 radical (unpaired) electrons. The largest absolute Gasteiger partial charge is 0.396 e. The van der Waals surface area contributed by atoms with Gasteiger partial charge < -0.3 is 5.11 Å². The fraction of sp³-hybridized carbons (Fsp3) is 0.571. The zero-order chi connectivity index (χ0) is 12.3. The monoisotopic (exact) mass is 237 g/mol. The molecule has 1 saturated heterocycles. The van der Waals surface area contributed by atoms with E-state index in [1.165, 1.54) is 17.7 Å². The Bertz CT molecular complexity index is 352. The van der Waals surface area contributed by atoms with E-state index in [1.807, 2.05) is 12.1 Å². The minimum atomic E-state index is -0.170. The van der Waals surface area contributed by atoms with Gasteiger partial charge in [0, 0.05) is 25.7 Å². The smallest absolute Gasteiger partial charge is 0.123 e. The van der Waals surface area contributed by atoms with Gasteiger partial charge in [0.1, 0.15) is 5.82 Å². The Hall–Kier alpha value is -0.930. The fourth-order valence-electron chi connectivity index (χ4n) is 2.66. The summed E-state index contributed by atoms with van der Waals surface area (Å²) < 4.78 is 12.9. The van der Waals surface area contributed by atoms with Crippen molar-refractivity contribution in [3.05, 3.63) is 35.6 Å². The average molecular weight is 237 g/mol. The molecular weight excluding hydrogens is 217 g/mol. The van der Waals surface area contributed by atoms with Gasteiger partial charge >= 0.3 is 0 Å². The molecule has 1 heterocycles. The minimum Gasteiger partial charge on any atom is -0.396 e. The summed E-state index contributed by atoms with van der Waals surface area (Å²) in [6.07, 6.45) is 1.96. The van der Waals surface area contributed by atoms with Crippen molar-refractivity contribution in [1.29, 1.82) is 0 Å². The van der Waals surface area contributed by atoms with Crippen LogP contribution in [-0.2, 0) is 0 Å². The van der Waals surface area contributed by atoms with E-state index in [4.69, 9.17) is 5.11 Å². The Balaban J connectivity index is 1.98. The number of benzene rings is 1. The summed E-state index contributed by atoms with van der Waals surface area (Å²) in [5.74, 6) is 0.334. The van der Waals surface area contributed by atoms with Gasteiger partial charge in [0.15, 0.2) is 0 Å². The quantitative estimate of drug-likeness (QED) is 0.869. The molecule has 0 aromatic heterocycles. The summed E-state index contributed by atoms with van der Waals surface area (Å²) in [5.41, 5.74) is 1.23. The van der Waals surface area contributed by atoms with Gasteiger partial charge in [-0.2, -0.15) is 0 Å². The topological polar surface area (TPSA) is 23.5 Å². The first kappa shape index (κ1) is 12.5. The zero-order valence-electron chi connectivity index (χ0n) is 10.3. The van der Waals surface area contributed by atoms with Crippen molar-refractivity contribution < 1.29 is 9.50 Å². The van der Waals surface area contributed by atoms with Gasteiger partial charge in [-0.15, -0.1) is 0 Å². The van der Waals surface area contributed by atoms with Crippen LogP contribution in [0.25, 0.3) is 0 Å². The van der Waals surface area contributed by atoms with E-state index in [9.17, 15) is 4.39 Å². The zero-order valence-corrected chi connectivity index (χ0v) is 10.3. The summed E-state index contributed by atoms with van der Waals surface area (Å²) in [6, 6.07) is 7.41. The van der Waals surface area contributed by atoms with E-state index in [0.29, 0.717) is 12.0 Å². The fourth-order valence-corrected chi connectivity index (χ4v) is 2.66. The third-order valence-electron chi connectivity index (χ3n) is 3.65. The molecule has 1 aromatic rings. The van der Waals surface area contributed by atoms with Gasteiger partial charge in [0.25, 0.3) is 0 Å². The van der Waals surface area contributed by atoms with Crippen LogP contribution in [0.5, 0.6) is 0 Å². The number of halogens is 1. The molecule has 2 rings (SSSR count). The molecule has 0 spiro atoms. The Morgan fingerprint density at radius 1 is 1.35 bits per heavy atom. The van der Waals surface area contributed by atoms with Crippen LogP contribution in [0.2, 0.25) is 0 Å². The molecule has 1 N–H and O–H groups in total. The Morgan fingerprint density at radius 2 is 2.06 bits per heavy atom. The van der Waals surface area contributed by atoms with Gasteiger partial charge in [0.2, 0.25) is 0 Å². The second-order valence-corrected chi connectivity index (χ2v) is 4.91. The van der Waals surface area contributed by atoms with Crippen LogP contribution >= 0.6 is 0 Å². The van der Waals surface area contributed by atoms with Crippen LogP contribution < -0.4 is 0 Å². The molecule has 0 amide bonds. The molecule has 2 atom stereocenters. The Morgan fingerprint density at radius 3 is 2.71 bits per heavy atom. The highest BCUT2D eigenvalue weighted by atomic mass is 19.1. The molecule has 0 saturated carbocycles. The van der Waals surface area contributed by atoms with Crippen molar-refractivity contribution in [2.45, 2.75) is 31.7 Å². The lowest BCUT2D eigenvalue weighted by Crippen LogP contribution is -2.28. The van der Waals surface area contributed by atoms with Crippen molar-refractivity contribution in [2.24, 2.45) is 0 Å². The summed E-state index contributed by atoms with van der Waals surface area (Å²) in [4.78, 5) is 2.41. The number of likely N-dealkylation sites (tertiary alicyclic amines) is 1. The molecule has 1 aliphatic rings. The maximum Gasteiger partial charge on any atom is 0.123 e. The SMILES string of the molecule is CC1CC(c2ccc(F)cc2)CN1CCCO. The van der Waals surface area contributed by atoms with Crippen LogP contribution in [0.15, 0.2) is 24.3 Å². The molecule has 0 bridgehead atoms. The third kappa shape index (κ3) is 3.05. The molecule has 3 heteroatoms. The van der Waals surface area contributed by atoms with Crippen molar-refractivity contribution >= 4 is 0 Å². The van der Waals surface area contributed by atoms with Crippen LogP contribution in [0.3, 0.4) is 0 Å². The lowest BCUT2D eigenvalue weighted by molar-refractivity contribution is 0.219. The molecule has 1 aromatic carbocycles. The number of aliphatic hydroxyl groups excluding tert-OH is 1. The summed E-state index contributed by atoms with van der Waals surface area (Å²) in [5, 5.41) is 8.86. The first-order chi connectivity index (χ1) is 8.20. The highest BCUT2D eigenvalue weighted by Gasteiger charge is 2.29. The minimum absolute atomic E-state index is 0.170. The van der Waals surface area contributed by atoms with Crippen molar-refractivity contribution in [3.63, 3.8) is 0 Å². The van der Waals surface area contributed by atoms with E-state index in [2.05, 4.69) is 11.8 Å². The van der Waals surface area contributed by atoms with Gasteiger partial charge in [-0.25, -0.2) is 4.39 Å². The second kappa shape index (κ2) is 5.61. The number of aliphatic hydroxyl groups is 1. The lowest BCUT2D eigenvalue weighted by Gasteiger charge is -2.20. The molecule has 1 fully saturated rings. The summed E-state index contributed by atoms with van der Waals surface area (Å²) in [7, 11) is 0. The standard InChI is InChI=1S/C14H20FNO/c1-11-9-13(10-16(11)7-2-8-17)12-3-5-14(15)6-4-12/h3-6,11,13,17H,2,7-10H2,1H3. The third-order valence-corrected chi connectivity index (χ3v) is 3.65. The molecule has 1 aliphatic heterocycles. The summed E-state index contributed by atoms with van der Waals surface area (Å²) >= 11 is 0. The summed E-state index contributed by atoms with van der Waals surface area (Å²) in [6.45, 7) is 4.45. The van der Waals surface area contributed by atoms with Gasteiger partial charge in [-0.1, -0.05) is 12.1 Å². The highest BCUT2D eigenvalue weighted by Crippen LogP contribution is 2.31. The number of hydrogen-bond acceptors (Lipinski definition) is 2.